The third-order valence-electron chi connectivity index (χ3n) is 7.06. The number of fused-ring (bicyclic) bond motifs is 1. The summed E-state index contributed by atoms with van der Waals surface area (Å²) in [5, 5.41) is 10.4. The number of nitrogens with zero attached hydrogens (tertiary/aromatic N) is 2. The third kappa shape index (κ3) is 3.81. The Labute approximate surface area is 190 Å². The Morgan fingerprint density at radius 3 is 2.28 bits per heavy atom. The highest BCUT2D eigenvalue weighted by atomic mass is 16.5. The molecule has 2 atom stereocenters. The van der Waals surface area contributed by atoms with Crippen molar-refractivity contribution >= 4 is 5.69 Å². The minimum absolute atomic E-state index is 0.286. The first kappa shape index (κ1) is 22.1. The minimum Gasteiger partial charge on any atom is -0.493 e. The zero-order valence-electron chi connectivity index (χ0n) is 19.4. The predicted molar refractivity (Wildman–Crippen MR) is 124 cm³/mol. The van der Waals surface area contributed by atoms with Gasteiger partial charge < -0.3 is 23.8 Å². The van der Waals surface area contributed by atoms with E-state index in [4.69, 9.17) is 18.9 Å². The fourth-order valence-electron chi connectivity index (χ4n) is 5.39. The molecule has 6 nitrogen and oxygen atoms in total. The maximum absolute atomic E-state index is 10.4. The maximum Gasteiger partial charge on any atom is 0.162 e. The summed E-state index contributed by atoms with van der Waals surface area (Å²) in [7, 11) is 6.62. The number of hydrogen-bond donors (Lipinski definition) is 0. The van der Waals surface area contributed by atoms with Crippen molar-refractivity contribution < 1.29 is 18.9 Å². The average Bonchev–Trinajstić information content (AvgIpc) is 2.86. The third-order valence-corrected chi connectivity index (χ3v) is 7.06. The van der Waals surface area contributed by atoms with E-state index in [-0.39, 0.29) is 6.04 Å². The number of anilines is 1. The summed E-state index contributed by atoms with van der Waals surface area (Å²) in [6, 6.07) is 13.1. The molecule has 0 N–H and O–H groups in total. The monoisotopic (exact) mass is 436 g/mol. The van der Waals surface area contributed by atoms with E-state index in [9.17, 15) is 5.26 Å². The molecule has 0 aromatic heterocycles. The second-order valence-electron chi connectivity index (χ2n) is 8.65. The second kappa shape index (κ2) is 9.20. The summed E-state index contributed by atoms with van der Waals surface area (Å²) < 4.78 is 22.0. The number of ether oxygens (including phenoxy) is 4. The second-order valence-corrected chi connectivity index (χ2v) is 8.65. The van der Waals surface area contributed by atoms with Crippen molar-refractivity contribution in [1.29, 1.82) is 5.26 Å². The van der Waals surface area contributed by atoms with E-state index in [2.05, 4.69) is 23.1 Å². The van der Waals surface area contributed by atoms with Gasteiger partial charge in [-0.25, -0.2) is 0 Å². The van der Waals surface area contributed by atoms with E-state index in [1.807, 2.05) is 18.2 Å². The molecule has 1 heterocycles. The van der Waals surface area contributed by atoms with Crippen molar-refractivity contribution in [1.82, 2.24) is 0 Å². The van der Waals surface area contributed by atoms with Crippen LogP contribution in [0.5, 0.6) is 23.0 Å². The van der Waals surface area contributed by atoms with E-state index in [1.165, 1.54) is 11.3 Å². The van der Waals surface area contributed by atoms with Gasteiger partial charge in [-0.1, -0.05) is 6.07 Å². The van der Waals surface area contributed by atoms with Crippen molar-refractivity contribution in [3.63, 3.8) is 0 Å². The lowest BCUT2D eigenvalue weighted by Gasteiger charge is -2.45. The molecule has 6 heteroatoms. The van der Waals surface area contributed by atoms with Gasteiger partial charge in [0.25, 0.3) is 0 Å². The van der Waals surface area contributed by atoms with Crippen molar-refractivity contribution in [2.45, 2.75) is 50.0 Å². The molecule has 0 bridgehead atoms. The van der Waals surface area contributed by atoms with Crippen molar-refractivity contribution in [2.75, 3.05) is 39.9 Å². The summed E-state index contributed by atoms with van der Waals surface area (Å²) in [6.07, 6.45) is 5.83. The van der Waals surface area contributed by atoms with Crippen molar-refractivity contribution in [2.24, 2.45) is 0 Å². The smallest absolute Gasteiger partial charge is 0.162 e. The number of nitriles is 1. The zero-order chi connectivity index (χ0) is 22.7. The normalized spacial score (nSPS) is 22.5. The van der Waals surface area contributed by atoms with E-state index >= 15 is 0 Å². The quantitative estimate of drug-likeness (QED) is 0.643. The van der Waals surface area contributed by atoms with Gasteiger partial charge in [-0.15, -0.1) is 0 Å². The summed E-state index contributed by atoms with van der Waals surface area (Å²) in [6.45, 7) is 0.987. The van der Waals surface area contributed by atoms with Crippen LogP contribution < -0.4 is 23.8 Å². The van der Waals surface area contributed by atoms with Crippen LogP contribution in [0, 0.1) is 11.3 Å². The van der Waals surface area contributed by atoms with Gasteiger partial charge in [0, 0.05) is 24.3 Å². The van der Waals surface area contributed by atoms with E-state index in [0.29, 0.717) is 11.5 Å². The molecule has 2 unspecified atom stereocenters. The number of benzene rings is 2. The molecule has 1 aliphatic carbocycles. The van der Waals surface area contributed by atoms with Gasteiger partial charge in [0.05, 0.1) is 39.9 Å². The summed E-state index contributed by atoms with van der Waals surface area (Å²) in [4.78, 5) is 2.49. The molecule has 2 aromatic carbocycles. The Morgan fingerprint density at radius 2 is 1.59 bits per heavy atom. The van der Waals surface area contributed by atoms with Gasteiger partial charge in [0.15, 0.2) is 23.0 Å². The van der Waals surface area contributed by atoms with E-state index in [1.54, 1.807) is 28.4 Å². The van der Waals surface area contributed by atoms with Crippen LogP contribution in [-0.4, -0.2) is 41.0 Å². The molecule has 0 saturated heterocycles. The molecular formula is C26H32N2O4. The standard InChI is InChI=1S/C26H32N2O4/c1-29-22-10-9-19(14-24(22)31-3)26(17-27)11-5-8-20(16-26)28-12-6-7-18-13-23(30-2)25(32-4)15-21(18)28/h9-10,13-15,20H,5-8,11-12,16H2,1-4H3. The molecule has 2 aliphatic rings. The fourth-order valence-corrected chi connectivity index (χ4v) is 5.39. The van der Waals surface area contributed by atoms with Gasteiger partial charge in [-0.05, 0) is 67.9 Å². The first-order valence-electron chi connectivity index (χ1n) is 11.2. The first-order valence-corrected chi connectivity index (χ1v) is 11.2. The molecule has 170 valence electrons. The highest BCUT2D eigenvalue weighted by Crippen LogP contribution is 2.46. The summed E-state index contributed by atoms with van der Waals surface area (Å²) in [5.74, 6) is 2.87. The summed E-state index contributed by atoms with van der Waals surface area (Å²) >= 11 is 0. The Morgan fingerprint density at radius 1 is 0.906 bits per heavy atom. The lowest BCUT2D eigenvalue weighted by molar-refractivity contribution is 0.308. The Balaban J connectivity index is 1.68. The molecule has 0 amide bonds. The molecule has 32 heavy (non-hydrogen) atoms. The number of aryl methyl sites for hydroxylation is 1. The Bertz CT molecular complexity index is 1020. The Hall–Kier alpha value is -3.07. The highest BCUT2D eigenvalue weighted by molar-refractivity contribution is 5.64. The van der Waals surface area contributed by atoms with Gasteiger partial charge >= 0.3 is 0 Å². The number of hydrogen-bond acceptors (Lipinski definition) is 6. The maximum atomic E-state index is 10.4. The predicted octanol–water partition coefficient (Wildman–Crippen LogP) is 4.88. The molecule has 2 aromatic rings. The van der Waals surface area contributed by atoms with E-state index in [0.717, 1.165) is 62.1 Å². The lowest BCUT2D eigenvalue weighted by Crippen LogP contribution is -2.46. The number of rotatable bonds is 6. The van der Waals surface area contributed by atoms with Crippen LogP contribution in [0.1, 0.15) is 43.2 Å². The van der Waals surface area contributed by atoms with Crippen LogP contribution in [-0.2, 0) is 11.8 Å². The summed E-state index contributed by atoms with van der Waals surface area (Å²) in [5.41, 5.74) is 2.95. The molecule has 0 radical (unpaired) electrons. The van der Waals surface area contributed by atoms with Crippen LogP contribution in [0.4, 0.5) is 5.69 Å². The SMILES string of the molecule is COc1ccc(C2(C#N)CCCC(N3CCCc4cc(OC)c(OC)cc43)C2)cc1OC. The van der Waals surface area contributed by atoms with Crippen molar-refractivity contribution in [3.8, 4) is 29.1 Å². The topological polar surface area (TPSA) is 64.0 Å². The lowest BCUT2D eigenvalue weighted by atomic mass is 9.68. The minimum atomic E-state index is -0.545. The Kier molecular flexibility index (Phi) is 6.36. The first-order chi connectivity index (χ1) is 15.6. The van der Waals surface area contributed by atoms with E-state index < -0.39 is 5.41 Å². The van der Waals surface area contributed by atoms with Gasteiger partial charge in [-0.2, -0.15) is 5.26 Å². The largest absolute Gasteiger partial charge is 0.493 e. The van der Waals surface area contributed by atoms with Crippen molar-refractivity contribution in [3.05, 3.63) is 41.5 Å². The van der Waals surface area contributed by atoms with Crippen LogP contribution in [0.2, 0.25) is 0 Å². The zero-order valence-corrected chi connectivity index (χ0v) is 19.4. The van der Waals surface area contributed by atoms with Crippen LogP contribution in [0.3, 0.4) is 0 Å². The fraction of sp³-hybridized carbons (Fsp3) is 0.500. The molecular weight excluding hydrogens is 404 g/mol. The number of methoxy groups -OCH3 is 4. The van der Waals surface area contributed by atoms with Crippen LogP contribution in [0.15, 0.2) is 30.3 Å². The van der Waals surface area contributed by atoms with Gasteiger partial charge in [0.2, 0.25) is 0 Å². The highest BCUT2D eigenvalue weighted by Gasteiger charge is 2.41. The molecule has 4 rings (SSSR count). The average molecular weight is 437 g/mol. The molecule has 1 saturated carbocycles. The molecule has 1 aliphatic heterocycles. The molecule has 1 fully saturated rings. The van der Waals surface area contributed by atoms with Gasteiger partial charge in [-0.3, -0.25) is 0 Å². The van der Waals surface area contributed by atoms with Crippen LogP contribution in [0.25, 0.3) is 0 Å². The van der Waals surface area contributed by atoms with Crippen LogP contribution >= 0.6 is 0 Å². The molecule has 0 spiro atoms. The van der Waals surface area contributed by atoms with Gasteiger partial charge in [0.1, 0.15) is 0 Å².